The fraction of sp³-hybridized carbons (Fsp3) is 0.250. The number of nitrogens with one attached hydrogen (secondary N) is 1. The van der Waals surface area contributed by atoms with Gasteiger partial charge in [0.05, 0.1) is 16.3 Å². The lowest BCUT2D eigenvalue weighted by molar-refractivity contribution is -0.386. The zero-order valence-electron chi connectivity index (χ0n) is 10.6. The Morgan fingerprint density at radius 2 is 2.21 bits per heavy atom. The van der Waals surface area contributed by atoms with Gasteiger partial charge in [-0.1, -0.05) is 13.0 Å². The van der Waals surface area contributed by atoms with Crippen molar-refractivity contribution in [3.63, 3.8) is 0 Å². The molecule has 1 N–H and O–H groups in total. The molecule has 100 valence electrons. The monoisotopic (exact) mass is 264 g/mol. The molecule has 0 radical (unpaired) electrons. The number of halogens is 1. The molecule has 6 nitrogen and oxygen atoms in total. The fourth-order valence-corrected chi connectivity index (χ4v) is 1.85. The number of benzene rings is 1. The topological polar surface area (TPSA) is 73.0 Å². The largest absolute Gasteiger partial charge is 0.347 e. The number of rotatable bonds is 4. The minimum Gasteiger partial charge on any atom is -0.347 e. The molecule has 0 saturated heterocycles. The predicted octanol–water partition coefficient (Wildman–Crippen LogP) is 2.77. The molecule has 0 unspecified atom stereocenters. The van der Waals surface area contributed by atoms with Crippen LogP contribution in [0, 0.1) is 15.9 Å². The summed E-state index contributed by atoms with van der Waals surface area (Å²) in [6, 6.07) is 3.95. The summed E-state index contributed by atoms with van der Waals surface area (Å²) in [5.41, 5.74) is 0.959. The van der Waals surface area contributed by atoms with Crippen molar-refractivity contribution in [3.8, 4) is 0 Å². The molecule has 1 aromatic heterocycles. The molecule has 0 saturated carbocycles. The van der Waals surface area contributed by atoms with Crippen molar-refractivity contribution >= 4 is 17.1 Å². The van der Waals surface area contributed by atoms with Crippen LogP contribution in [0.3, 0.4) is 0 Å². The average molecular weight is 264 g/mol. The molecule has 0 atom stereocenters. The number of anilines is 2. The Morgan fingerprint density at radius 3 is 2.84 bits per heavy atom. The van der Waals surface area contributed by atoms with Crippen LogP contribution in [0.4, 0.5) is 21.5 Å². The lowest BCUT2D eigenvalue weighted by atomic mass is 10.2. The number of aryl methyl sites for hydroxylation is 2. The summed E-state index contributed by atoms with van der Waals surface area (Å²) in [4.78, 5) is 10.2. The standard InChI is InChI=1S/C12H13FN4O2/c1-3-9-11(7-16(2)15-9)14-10-6-4-5-8(13)12(10)17(18)19/h4-7,14H,3H2,1-2H3. The van der Waals surface area contributed by atoms with Gasteiger partial charge in [-0.25, -0.2) is 0 Å². The van der Waals surface area contributed by atoms with E-state index < -0.39 is 16.4 Å². The highest BCUT2D eigenvalue weighted by Gasteiger charge is 2.20. The number of hydrogen-bond acceptors (Lipinski definition) is 4. The van der Waals surface area contributed by atoms with Gasteiger partial charge in [0.2, 0.25) is 5.82 Å². The van der Waals surface area contributed by atoms with Gasteiger partial charge in [-0.05, 0) is 18.6 Å². The molecule has 1 heterocycles. The SMILES string of the molecule is CCc1nn(C)cc1Nc1cccc(F)c1[N+](=O)[O-]. The van der Waals surface area contributed by atoms with Crippen molar-refractivity contribution < 1.29 is 9.31 Å². The fourth-order valence-electron chi connectivity index (χ4n) is 1.85. The first-order valence-electron chi connectivity index (χ1n) is 5.75. The van der Waals surface area contributed by atoms with Crippen molar-refractivity contribution in [1.82, 2.24) is 9.78 Å². The minimum atomic E-state index is -0.864. The number of nitrogens with zero attached hydrogens (tertiary/aromatic N) is 3. The van der Waals surface area contributed by atoms with E-state index in [-0.39, 0.29) is 5.69 Å². The number of hydrogen-bond donors (Lipinski definition) is 1. The van der Waals surface area contributed by atoms with Gasteiger partial charge in [-0.15, -0.1) is 0 Å². The van der Waals surface area contributed by atoms with Gasteiger partial charge in [0, 0.05) is 13.2 Å². The maximum absolute atomic E-state index is 13.5. The highest BCUT2D eigenvalue weighted by Crippen LogP contribution is 2.30. The lowest BCUT2D eigenvalue weighted by Crippen LogP contribution is -2.00. The normalized spacial score (nSPS) is 10.5. The van der Waals surface area contributed by atoms with Gasteiger partial charge in [0.25, 0.3) is 0 Å². The van der Waals surface area contributed by atoms with E-state index >= 15 is 0 Å². The summed E-state index contributed by atoms with van der Waals surface area (Å²) >= 11 is 0. The van der Waals surface area contributed by atoms with Gasteiger partial charge in [-0.2, -0.15) is 9.49 Å². The smallest absolute Gasteiger partial charge is 0.327 e. The van der Waals surface area contributed by atoms with Crippen LogP contribution in [0.15, 0.2) is 24.4 Å². The van der Waals surface area contributed by atoms with Gasteiger partial charge < -0.3 is 5.32 Å². The molecular formula is C12H13FN4O2. The molecule has 19 heavy (non-hydrogen) atoms. The molecule has 2 aromatic rings. The minimum absolute atomic E-state index is 0.118. The molecule has 0 spiro atoms. The van der Waals surface area contributed by atoms with E-state index in [0.29, 0.717) is 12.1 Å². The van der Waals surface area contributed by atoms with E-state index in [9.17, 15) is 14.5 Å². The summed E-state index contributed by atoms with van der Waals surface area (Å²) in [5.74, 6) is -0.864. The molecular weight excluding hydrogens is 251 g/mol. The van der Waals surface area contributed by atoms with Crippen molar-refractivity contribution in [2.45, 2.75) is 13.3 Å². The lowest BCUT2D eigenvalue weighted by Gasteiger charge is -2.06. The Hall–Kier alpha value is -2.44. The predicted molar refractivity (Wildman–Crippen MR) is 68.9 cm³/mol. The number of nitro benzene ring substituents is 1. The first-order chi connectivity index (χ1) is 9.02. The van der Waals surface area contributed by atoms with Crippen molar-refractivity contribution in [1.29, 1.82) is 0 Å². The summed E-state index contributed by atoms with van der Waals surface area (Å²) < 4.78 is 15.1. The van der Waals surface area contributed by atoms with E-state index in [2.05, 4.69) is 10.4 Å². The van der Waals surface area contributed by atoms with Crippen molar-refractivity contribution in [2.75, 3.05) is 5.32 Å². The molecule has 0 aliphatic rings. The molecule has 2 rings (SSSR count). The van der Waals surface area contributed by atoms with Gasteiger partial charge >= 0.3 is 5.69 Å². The Kier molecular flexibility index (Phi) is 3.46. The quantitative estimate of drug-likeness (QED) is 0.680. The first kappa shape index (κ1) is 13.0. The van der Waals surface area contributed by atoms with E-state index in [1.165, 1.54) is 12.1 Å². The summed E-state index contributed by atoms with van der Waals surface area (Å²) in [6.07, 6.45) is 2.37. The van der Waals surface area contributed by atoms with Crippen LogP contribution < -0.4 is 5.32 Å². The number of aromatic nitrogens is 2. The van der Waals surface area contributed by atoms with Crippen LogP contribution >= 0.6 is 0 Å². The Balaban J connectivity index is 2.43. The molecule has 0 aliphatic heterocycles. The molecule has 7 heteroatoms. The zero-order chi connectivity index (χ0) is 14.0. The second-order valence-corrected chi connectivity index (χ2v) is 4.03. The highest BCUT2D eigenvalue weighted by molar-refractivity contribution is 5.70. The summed E-state index contributed by atoms with van der Waals surface area (Å²) in [6.45, 7) is 1.92. The second-order valence-electron chi connectivity index (χ2n) is 4.03. The zero-order valence-corrected chi connectivity index (χ0v) is 10.6. The Morgan fingerprint density at radius 1 is 1.47 bits per heavy atom. The van der Waals surface area contributed by atoms with Crippen LogP contribution in [-0.2, 0) is 13.5 Å². The van der Waals surface area contributed by atoms with E-state index in [0.717, 1.165) is 11.8 Å². The maximum Gasteiger partial charge on any atom is 0.327 e. The maximum atomic E-state index is 13.5. The number of para-hydroxylation sites is 1. The summed E-state index contributed by atoms with van der Waals surface area (Å²) in [7, 11) is 1.75. The molecule has 0 bridgehead atoms. The van der Waals surface area contributed by atoms with E-state index in [1.807, 2.05) is 6.92 Å². The van der Waals surface area contributed by atoms with Crippen LogP contribution in [0.25, 0.3) is 0 Å². The number of nitro groups is 1. The highest BCUT2D eigenvalue weighted by atomic mass is 19.1. The van der Waals surface area contributed by atoms with Crippen LogP contribution in [0.1, 0.15) is 12.6 Å². The van der Waals surface area contributed by atoms with Crippen LogP contribution in [-0.4, -0.2) is 14.7 Å². The van der Waals surface area contributed by atoms with Crippen molar-refractivity contribution in [2.24, 2.45) is 7.05 Å². The third kappa shape index (κ3) is 2.54. The first-order valence-corrected chi connectivity index (χ1v) is 5.75. The van der Waals surface area contributed by atoms with Gasteiger partial charge in [0.15, 0.2) is 0 Å². The van der Waals surface area contributed by atoms with Gasteiger partial charge in [0.1, 0.15) is 5.69 Å². The molecule has 0 fully saturated rings. The molecule has 1 aromatic carbocycles. The molecule has 0 aliphatic carbocycles. The average Bonchev–Trinajstić information content (AvgIpc) is 2.69. The van der Waals surface area contributed by atoms with E-state index in [1.54, 1.807) is 17.9 Å². The molecule has 0 amide bonds. The van der Waals surface area contributed by atoms with Crippen molar-refractivity contribution in [3.05, 3.63) is 46.0 Å². The Bertz CT molecular complexity index is 624. The van der Waals surface area contributed by atoms with Gasteiger partial charge in [-0.3, -0.25) is 14.8 Å². The third-order valence-corrected chi connectivity index (χ3v) is 2.68. The van der Waals surface area contributed by atoms with Crippen LogP contribution in [0.5, 0.6) is 0 Å². The van der Waals surface area contributed by atoms with E-state index in [4.69, 9.17) is 0 Å². The Labute approximate surface area is 109 Å². The van der Waals surface area contributed by atoms with Crippen LogP contribution in [0.2, 0.25) is 0 Å². The summed E-state index contributed by atoms with van der Waals surface area (Å²) in [5, 5.41) is 18.0. The second kappa shape index (κ2) is 5.05. The third-order valence-electron chi connectivity index (χ3n) is 2.68.